The maximum atomic E-state index is 12.6. The molecule has 1 heterocycles. The molecule has 26 heavy (non-hydrogen) atoms. The minimum absolute atomic E-state index is 0.0434. The number of amides is 1. The minimum Gasteiger partial charge on any atom is -0.513 e. The van der Waals surface area contributed by atoms with Gasteiger partial charge >= 0.3 is 0 Å². The number of benzene rings is 1. The van der Waals surface area contributed by atoms with E-state index >= 15 is 0 Å². The molecule has 144 valence electrons. The lowest BCUT2D eigenvalue weighted by atomic mass is 10.2. The summed E-state index contributed by atoms with van der Waals surface area (Å²) >= 11 is 6.36. The lowest BCUT2D eigenvalue weighted by molar-refractivity contribution is 0.0825. The highest BCUT2D eigenvalue weighted by Crippen LogP contribution is 2.33. The normalized spacial score (nSPS) is 12.3. The molecular formula is C19H27ClN2O3S. The van der Waals surface area contributed by atoms with Crippen LogP contribution in [0.5, 0.6) is 0 Å². The van der Waals surface area contributed by atoms with E-state index in [1.54, 1.807) is 10.6 Å². The number of halogens is 1. The van der Waals surface area contributed by atoms with E-state index in [1.165, 1.54) is 0 Å². The zero-order valence-electron chi connectivity index (χ0n) is 15.5. The number of aliphatic hydroxyl groups excluding tert-OH is 1. The van der Waals surface area contributed by atoms with E-state index < -0.39 is 10.0 Å². The fourth-order valence-electron chi connectivity index (χ4n) is 2.48. The highest BCUT2D eigenvalue weighted by Gasteiger charge is 2.17. The number of para-hydroxylation sites is 1. The lowest BCUT2D eigenvalue weighted by Crippen LogP contribution is -2.27. The molecule has 1 amide bonds. The summed E-state index contributed by atoms with van der Waals surface area (Å²) in [5.74, 6) is 0.811. The Morgan fingerprint density at radius 3 is 2.77 bits per heavy atom. The molecule has 1 aromatic carbocycles. The van der Waals surface area contributed by atoms with Crippen LogP contribution in [0.1, 0.15) is 16.9 Å². The standard InChI is InChI=1S/C19H27ClN2O3S/c1-14(23)8-9-21-19(24)17-12-15-6-5-7-16(20)18(15)22(17)13-25-10-11-26(2,3)4/h5-7,12,23H,1,8-11,13H2,2-4H3,(H,21,24). The van der Waals surface area contributed by atoms with E-state index in [9.17, 15) is 4.79 Å². The third kappa shape index (κ3) is 5.69. The molecule has 1 aromatic heterocycles. The largest absolute Gasteiger partial charge is 0.513 e. The van der Waals surface area contributed by atoms with Gasteiger partial charge in [0, 0.05) is 24.1 Å². The number of ether oxygens (including phenoxy) is 1. The van der Waals surface area contributed by atoms with Crippen molar-refractivity contribution in [2.45, 2.75) is 13.2 Å². The molecule has 0 aliphatic heterocycles. The second-order valence-electron chi connectivity index (χ2n) is 7.04. The molecular weight excluding hydrogens is 372 g/mol. The molecule has 0 fully saturated rings. The summed E-state index contributed by atoms with van der Waals surface area (Å²) in [6, 6.07) is 7.39. The number of carbonyl (C=O) groups excluding carboxylic acids is 1. The van der Waals surface area contributed by atoms with Crippen LogP contribution >= 0.6 is 21.6 Å². The van der Waals surface area contributed by atoms with E-state index in [2.05, 4.69) is 30.7 Å². The number of nitrogens with zero attached hydrogens (tertiary/aromatic N) is 1. The molecule has 7 heteroatoms. The molecule has 0 atom stereocenters. The maximum absolute atomic E-state index is 12.6. The Morgan fingerprint density at radius 2 is 2.12 bits per heavy atom. The SMILES string of the molecule is C=C(O)CCNC(=O)c1cc2cccc(Cl)c2n1COCCS(C)(C)C. The summed E-state index contributed by atoms with van der Waals surface area (Å²) in [7, 11) is -0.634. The van der Waals surface area contributed by atoms with E-state index in [4.69, 9.17) is 21.4 Å². The zero-order chi connectivity index (χ0) is 19.3. The van der Waals surface area contributed by atoms with Crippen molar-refractivity contribution in [2.24, 2.45) is 0 Å². The summed E-state index contributed by atoms with van der Waals surface area (Å²) in [6.07, 6.45) is 7.04. The number of hydrogen-bond acceptors (Lipinski definition) is 3. The van der Waals surface area contributed by atoms with Gasteiger partial charge in [-0.2, -0.15) is 0 Å². The first kappa shape index (κ1) is 20.7. The number of nitrogens with one attached hydrogen (secondary N) is 1. The number of carbonyl (C=O) groups is 1. The average Bonchev–Trinajstić information content (AvgIpc) is 2.90. The topological polar surface area (TPSA) is 63.5 Å². The van der Waals surface area contributed by atoms with Crippen LogP contribution in [0.15, 0.2) is 36.6 Å². The minimum atomic E-state index is -0.634. The molecule has 2 aromatic rings. The van der Waals surface area contributed by atoms with Gasteiger partial charge in [0.1, 0.15) is 12.4 Å². The van der Waals surface area contributed by atoms with Crippen LogP contribution in [0, 0.1) is 0 Å². The Hall–Kier alpha value is -1.63. The van der Waals surface area contributed by atoms with Gasteiger partial charge in [0.25, 0.3) is 5.91 Å². The molecule has 0 aliphatic carbocycles. The Kier molecular flexibility index (Phi) is 7.03. The van der Waals surface area contributed by atoms with Crippen molar-refractivity contribution in [3.05, 3.63) is 47.3 Å². The van der Waals surface area contributed by atoms with Gasteiger partial charge in [-0.25, -0.2) is 10.0 Å². The Bertz CT molecular complexity index is 796. The summed E-state index contributed by atoms with van der Waals surface area (Å²) in [5.41, 5.74) is 1.27. The first-order chi connectivity index (χ1) is 12.2. The number of hydrogen-bond donors (Lipinski definition) is 2. The predicted molar refractivity (Wildman–Crippen MR) is 112 cm³/mol. The van der Waals surface area contributed by atoms with E-state index in [-0.39, 0.29) is 18.4 Å². The zero-order valence-corrected chi connectivity index (χ0v) is 17.1. The van der Waals surface area contributed by atoms with E-state index in [0.717, 1.165) is 16.7 Å². The van der Waals surface area contributed by atoms with Crippen molar-refractivity contribution in [1.29, 1.82) is 0 Å². The fourth-order valence-corrected chi connectivity index (χ4v) is 3.38. The highest BCUT2D eigenvalue weighted by molar-refractivity contribution is 8.32. The van der Waals surface area contributed by atoms with Crippen LogP contribution in [-0.4, -0.2) is 53.3 Å². The number of aromatic nitrogens is 1. The van der Waals surface area contributed by atoms with Crippen molar-refractivity contribution in [1.82, 2.24) is 9.88 Å². The van der Waals surface area contributed by atoms with Crippen molar-refractivity contribution in [3.63, 3.8) is 0 Å². The van der Waals surface area contributed by atoms with E-state index in [1.807, 2.05) is 18.2 Å². The summed E-state index contributed by atoms with van der Waals surface area (Å²) in [6.45, 7) is 4.63. The van der Waals surface area contributed by atoms with Crippen molar-refractivity contribution >= 4 is 38.4 Å². The summed E-state index contributed by atoms with van der Waals surface area (Å²) in [4.78, 5) is 12.6. The second kappa shape index (κ2) is 8.84. The Morgan fingerprint density at radius 1 is 1.38 bits per heavy atom. The van der Waals surface area contributed by atoms with Crippen LogP contribution in [0.2, 0.25) is 5.02 Å². The monoisotopic (exact) mass is 398 g/mol. The Balaban J connectivity index is 2.21. The molecule has 0 radical (unpaired) electrons. The van der Waals surface area contributed by atoms with Gasteiger partial charge in [-0.15, -0.1) is 0 Å². The molecule has 5 nitrogen and oxygen atoms in total. The molecule has 0 spiro atoms. The third-order valence-corrected chi connectivity index (χ3v) is 5.56. The number of fused-ring (bicyclic) bond motifs is 1. The predicted octanol–water partition coefficient (Wildman–Crippen LogP) is 4.15. The number of rotatable bonds is 9. The van der Waals surface area contributed by atoms with Crippen molar-refractivity contribution < 1.29 is 14.6 Å². The smallest absolute Gasteiger partial charge is 0.268 e. The van der Waals surface area contributed by atoms with Gasteiger partial charge in [0.15, 0.2) is 0 Å². The van der Waals surface area contributed by atoms with Gasteiger partial charge in [-0.1, -0.05) is 30.3 Å². The third-order valence-electron chi connectivity index (χ3n) is 3.86. The van der Waals surface area contributed by atoms with Gasteiger partial charge in [-0.3, -0.25) is 4.79 Å². The van der Waals surface area contributed by atoms with Crippen LogP contribution in [0.4, 0.5) is 0 Å². The Labute approximate surface area is 161 Å². The van der Waals surface area contributed by atoms with Crippen LogP contribution in [0.3, 0.4) is 0 Å². The quantitative estimate of drug-likeness (QED) is 0.492. The second-order valence-corrected chi connectivity index (χ2v) is 12.0. The lowest BCUT2D eigenvalue weighted by Gasteiger charge is -2.24. The van der Waals surface area contributed by atoms with Gasteiger partial charge in [-0.05, 0) is 30.9 Å². The van der Waals surface area contributed by atoms with Crippen molar-refractivity contribution in [2.75, 3.05) is 37.7 Å². The van der Waals surface area contributed by atoms with E-state index in [0.29, 0.717) is 30.3 Å². The first-order valence-electron chi connectivity index (χ1n) is 8.35. The molecule has 0 saturated heterocycles. The fraction of sp³-hybridized carbons (Fsp3) is 0.421. The maximum Gasteiger partial charge on any atom is 0.268 e. The summed E-state index contributed by atoms with van der Waals surface area (Å²) in [5, 5.41) is 13.4. The van der Waals surface area contributed by atoms with Crippen LogP contribution in [-0.2, 0) is 11.5 Å². The number of aliphatic hydroxyl groups is 1. The first-order valence-corrected chi connectivity index (χ1v) is 11.8. The molecule has 2 N–H and O–H groups in total. The highest BCUT2D eigenvalue weighted by atomic mass is 35.5. The molecule has 0 aliphatic rings. The molecule has 0 bridgehead atoms. The summed E-state index contributed by atoms with van der Waals surface area (Å²) < 4.78 is 7.65. The van der Waals surface area contributed by atoms with Gasteiger partial charge in [0.05, 0.1) is 22.9 Å². The van der Waals surface area contributed by atoms with Gasteiger partial charge < -0.3 is 19.7 Å². The molecule has 0 saturated carbocycles. The van der Waals surface area contributed by atoms with Crippen LogP contribution in [0.25, 0.3) is 10.9 Å². The van der Waals surface area contributed by atoms with Gasteiger partial charge in [0.2, 0.25) is 0 Å². The molecule has 0 unspecified atom stereocenters. The van der Waals surface area contributed by atoms with Crippen molar-refractivity contribution in [3.8, 4) is 0 Å². The molecule has 2 rings (SSSR count). The average molecular weight is 399 g/mol. The van der Waals surface area contributed by atoms with Crippen LogP contribution < -0.4 is 5.32 Å².